The van der Waals surface area contributed by atoms with Gasteiger partial charge >= 0.3 is 12.0 Å². The standard InChI is InChI=1S/C16H20N4O3/c1-11(2)14-17-10-13(15(21)23-3)20(14)19-16(22)18-9-12-7-5-4-6-8-12/h4-8,10-11H,9H2,1-3H3,(H2,18,19,22). The second-order valence-corrected chi connectivity index (χ2v) is 5.26. The molecule has 7 heteroatoms. The van der Waals surface area contributed by atoms with Gasteiger partial charge in [0.15, 0.2) is 5.69 Å². The molecule has 0 atom stereocenters. The molecule has 1 aromatic carbocycles. The van der Waals surface area contributed by atoms with E-state index in [1.807, 2.05) is 44.2 Å². The van der Waals surface area contributed by atoms with Gasteiger partial charge in [-0.3, -0.25) is 0 Å². The van der Waals surface area contributed by atoms with E-state index < -0.39 is 12.0 Å². The fourth-order valence-corrected chi connectivity index (χ4v) is 2.06. The Balaban J connectivity index is 2.10. The molecule has 2 aromatic rings. The summed E-state index contributed by atoms with van der Waals surface area (Å²) < 4.78 is 6.07. The van der Waals surface area contributed by atoms with Gasteiger partial charge in [-0.1, -0.05) is 44.2 Å². The van der Waals surface area contributed by atoms with Gasteiger partial charge in [0.2, 0.25) is 0 Å². The molecule has 0 fully saturated rings. The number of aromatic nitrogens is 2. The first-order chi connectivity index (χ1) is 11.0. The number of benzene rings is 1. The summed E-state index contributed by atoms with van der Waals surface area (Å²) in [6.07, 6.45) is 1.39. The fourth-order valence-electron chi connectivity index (χ4n) is 2.06. The lowest BCUT2D eigenvalue weighted by molar-refractivity contribution is 0.0590. The van der Waals surface area contributed by atoms with Gasteiger partial charge in [0.25, 0.3) is 0 Å². The molecule has 0 aliphatic carbocycles. The summed E-state index contributed by atoms with van der Waals surface area (Å²) in [5, 5.41) is 2.74. The molecule has 0 radical (unpaired) electrons. The molecule has 122 valence electrons. The minimum Gasteiger partial charge on any atom is -0.464 e. The maximum absolute atomic E-state index is 12.1. The van der Waals surface area contributed by atoms with Crippen LogP contribution in [0.3, 0.4) is 0 Å². The van der Waals surface area contributed by atoms with Crippen LogP contribution in [0.25, 0.3) is 0 Å². The molecule has 7 nitrogen and oxygen atoms in total. The lowest BCUT2D eigenvalue weighted by Gasteiger charge is -2.14. The largest absolute Gasteiger partial charge is 0.464 e. The summed E-state index contributed by atoms with van der Waals surface area (Å²) in [6, 6.07) is 9.10. The van der Waals surface area contributed by atoms with Crippen molar-refractivity contribution in [2.45, 2.75) is 26.3 Å². The van der Waals surface area contributed by atoms with Crippen LogP contribution in [0.15, 0.2) is 36.5 Å². The number of ether oxygens (including phenoxy) is 1. The van der Waals surface area contributed by atoms with Crippen LogP contribution in [-0.2, 0) is 11.3 Å². The van der Waals surface area contributed by atoms with E-state index >= 15 is 0 Å². The molecule has 2 rings (SSSR count). The van der Waals surface area contributed by atoms with Crippen LogP contribution in [0.1, 0.15) is 41.6 Å². The first-order valence-electron chi connectivity index (χ1n) is 7.27. The second kappa shape index (κ2) is 7.44. The normalized spacial score (nSPS) is 10.4. The molecular weight excluding hydrogens is 296 g/mol. The van der Waals surface area contributed by atoms with Crippen molar-refractivity contribution in [2.24, 2.45) is 0 Å². The minimum absolute atomic E-state index is 0.0304. The maximum Gasteiger partial charge on any atom is 0.358 e. The van der Waals surface area contributed by atoms with Gasteiger partial charge in [0.05, 0.1) is 13.3 Å². The summed E-state index contributed by atoms with van der Waals surface area (Å²) in [6.45, 7) is 4.22. The van der Waals surface area contributed by atoms with Gasteiger partial charge in [-0.2, -0.15) is 0 Å². The Morgan fingerprint density at radius 2 is 1.96 bits per heavy atom. The molecule has 0 spiro atoms. The maximum atomic E-state index is 12.1. The number of amides is 2. The third kappa shape index (κ3) is 4.09. The third-order valence-corrected chi connectivity index (χ3v) is 3.21. The number of hydrogen-bond donors (Lipinski definition) is 2. The average Bonchev–Trinajstić information content (AvgIpc) is 2.97. The van der Waals surface area contributed by atoms with Crippen molar-refractivity contribution in [2.75, 3.05) is 12.5 Å². The summed E-state index contributed by atoms with van der Waals surface area (Å²) in [5.74, 6) is 0.0378. The number of carbonyl (C=O) groups is 2. The Morgan fingerprint density at radius 3 is 2.57 bits per heavy atom. The molecule has 1 aromatic heterocycles. The smallest absolute Gasteiger partial charge is 0.358 e. The molecule has 0 unspecified atom stereocenters. The zero-order valence-corrected chi connectivity index (χ0v) is 13.4. The van der Waals surface area contributed by atoms with Gasteiger partial charge in [0, 0.05) is 12.5 Å². The van der Waals surface area contributed by atoms with E-state index in [2.05, 4.69) is 15.7 Å². The number of esters is 1. The van der Waals surface area contributed by atoms with E-state index in [1.165, 1.54) is 18.0 Å². The first-order valence-corrected chi connectivity index (χ1v) is 7.27. The van der Waals surface area contributed by atoms with E-state index in [1.54, 1.807) is 0 Å². The van der Waals surface area contributed by atoms with Crippen LogP contribution in [0.2, 0.25) is 0 Å². The number of methoxy groups -OCH3 is 1. The Hall–Kier alpha value is -2.83. The first kappa shape index (κ1) is 16.5. The third-order valence-electron chi connectivity index (χ3n) is 3.21. The highest BCUT2D eigenvalue weighted by molar-refractivity contribution is 5.89. The number of hydrogen-bond acceptors (Lipinski definition) is 4. The quantitative estimate of drug-likeness (QED) is 0.829. The Morgan fingerprint density at radius 1 is 1.26 bits per heavy atom. The molecule has 23 heavy (non-hydrogen) atoms. The lowest BCUT2D eigenvalue weighted by Crippen LogP contribution is -2.36. The monoisotopic (exact) mass is 316 g/mol. The zero-order chi connectivity index (χ0) is 16.8. The lowest BCUT2D eigenvalue weighted by atomic mass is 10.2. The van der Waals surface area contributed by atoms with Crippen LogP contribution in [-0.4, -0.2) is 28.8 Å². The molecule has 0 saturated heterocycles. The van der Waals surface area contributed by atoms with Crippen molar-refractivity contribution in [3.05, 3.63) is 53.6 Å². The van der Waals surface area contributed by atoms with E-state index in [-0.39, 0.29) is 11.6 Å². The molecule has 2 N–H and O–H groups in total. The van der Waals surface area contributed by atoms with Crippen LogP contribution >= 0.6 is 0 Å². The van der Waals surface area contributed by atoms with Gasteiger partial charge in [-0.25, -0.2) is 24.7 Å². The molecule has 0 aliphatic rings. The summed E-state index contributed by atoms with van der Waals surface area (Å²) in [5.41, 5.74) is 3.78. The number of rotatable bonds is 5. The second-order valence-electron chi connectivity index (χ2n) is 5.26. The predicted molar refractivity (Wildman–Crippen MR) is 85.7 cm³/mol. The minimum atomic E-state index is -0.562. The van der Waals surface area contributed by atoms with Crippen LogP contribution < -0.4 is 10.7 Å². The Labute approximate surface area is 134 Å². The van der Waals surface area contributed by atoms with E-state index in [0.29, 0.717) is 12.4 Å². The van der Waals surface area contributed by atoms with E-state index in [0.717, 1.165) is 5.56 Å². The van der Waals surface area contributed by atoms with Gasteiger partial charge in [-0.15, -0.1) is 0 Å². The molecule has 0 saturated carbocycles. The average molecular weight is 316 g/mol. The highest BCUT2D eigenvalue weighted by Gasteiger charge is 2.20. The number of nitrogens with one attached hydrogen (secondary N) is 2. The SMILES string of the molecule is COC(=O)c1cnc(C(C)C)n1NC(=O)NCc1ccccc1. The van der Waals surface area contributed by atoms with Crippen molar-refractivity contribution >= 4 is 12.0 Å². The number of carbonyl (C=O) groups excluding carboxylic acids is 2. The Kier molecular flexibility index (Phi) is 5.35. The van der Waals surface area contributed by atoms with Crippen molar-refractivity contribution in [3.63, 3.8) is 0 Å². The van der Waals surface area contributed by atoms with Crippen LogP contribution in [0.5, 0.6) is 0 Å². The fraction of sp³-hybridized carbons (Fsp3) is 0.312. The van der Waals surface area contributed by atoms with Gasteiger partial charge in [0.1, 0.15) is 5.82 Å². The zero-order valence-electron chi connectivity index (χ0n) is 13.4. The van der Waals surface area contributed by atoms with Crippen molar-refractivity contribution in [1.29, 1.82) is 0 Å². The summed E-state index contributed by atoms with van der Waals surface area (Å²) >= 11 is 0. The highest BCUT2D eigenvalue weighted by atomic mass is 16.5. The van der Waals surface area contributed by atoms with Gasteiger partial charge < -0.3 is 10.1 Å². The van der Waals surface area contributed by atoms with Crippen molar-refractivity contribution in [3.8, 4) is 0 Å². The summed E-state index contributed by atoms with van der Waals surface area (Å²) in [4.78, 5) is 28.1. The molecule has 0 bridgehead atoms. The van der Waals surface area contributed by atoms with Crippen molar-refractivity contribution in [1.82, 2.24) is 15.0 Å². The summed E-state index contributed by atoms with van der Waals surface area (Å²) in [7, 11) is 1.28. The predicted octanol–water partition coefficient (Wildman–Crippen LogP) is 2.25. The molecule has 0 aliphatic heterocycles. The topological polar surface area (TPSA) is 85.2 Å². The van der Waals surface area contributed by atoms with E-state index in [9.17, 15) is 9.59 Å². The number of imidazole rings is 1. The molecule has 1 heterocycles. The molecular formula is C16H20N4O3. The number of nitrogens with zero attached hydrogens (tertiary/aromatic N) is 2. The van der Waals surface area contributed by atoms with Crippen LogP contribution in [0.4, 0.5) is 4.79 Å². The van der Waals surface area contributed by atoms with Gasteiger partial charge in [-0.05, 0) is 5.56 Å². The van der Waals surface area contributed by atoms with Crippen molar-refractivity contribution < 1.29 is 14.3 Å². The Bertz CT molecular complexity index is 680. The number of urea groups is 1. The van der Waals surface area contributed by atoms with Crippen LogP contribution in [0, 0.1) is 0 Å². The molecule has 2 amide bonds. The van der Waals surface area contributed by atoms with E-state index in [4.69, 9.17) is 4.74 Å². The highest BCUT2D eigenvalue weighted by Crippen LogP contribution is 2.14.